The quantitative estimate of drug-likeness (QED) is 0.441. The number of aromatic nitrogens is 3. The number of ether oxygens (including phenoxy) is 2. The molecule has 0 N–H and O–H groups in total. The van der Waals surface area contributed by atoms with Crippen molar-refractivity contribution in [1.82, 2.24) is 15.0 Å². The van der Waals surface area contributed by atoms with Crippen molar-refractivity contribution in [2.24, 2.45) is 0 Å². The third-order valence-corrected chi connectivity index (χ3v) is 2.71. The van der Waals surface area contributed by atoms with Crippen molar-refractivity contribution in [3.8, 4) is 5.69 Å². The van der Waals surface area contributed by atoms with Crippen molar-refractivity contribution in [2.45, 2.75) is 20.1 Å². The lowest BCUT2D eigenvalue weighted by atomic mass is 10.3. The molecule has 0 amide bonds. The van der Waals surface area contributed by atoms with Crippen molar-refractivity contribution < 1.29 is 14.4 Å². The summed E-state index contributed by atoms with van der Waals surface area (Å²) in [7, 11) is 0. The van der Waals surface area contributed by atoms with Gasteiger partial charge in [-0.2, -0.15) is 0 Å². The molecule has 21 heavy (non-hydrogen) atoms. The van der Waals surface area contributed by atoms with Crippen LogP contribution in [-0.2, 0) is 9.47 Å². The van der Waals surface area contributed by atoms with E-state index in [2.05, 4.69) is 10.3 Å². The van der Waals surface area contributed by atoms with Crippen LogP contribution < -0.4 is 0 Å². The number of hydrogen-bond donors (Lipinski definition) is 0. The Morgan fingerprint density at radius 1 is 1.29 bits per heavy atom. The molecule has 0 aliphatic heterocycles. The minimum absolute atomic E-state index is 0.0432. The Morgan fingerprint density at radius 2 is 1.95 bits per heavy atom. The van der Waals surface area contributed by atoms with Crippen molar-refractivity contribution in [2.75, 3.05) is 13.2 Å². The average Bonchev–Trinajstić information content (AvgIpc) is 2.96. The van der Waals surface area contributed by atoms with E-state index in [0.29, 0.717) is 24.6 Å². The number of hydrogen-bond acceptors (Lipinski definition) is 6. The molecule has 0 aliphatic rings. The molecule has 0 fully saturated rings. The molecule has 2 aromatic rings. The molecule has 0 spiro atoms. The molecule has 0 unspecified atom stereocenters. The predicted octanol–water partition coefficient (Wildman–Crippen LogP) is 2.25. The lowest BCUT2D eigenvalue weighted by Gasteiger charge is -2.13. The molecule has 8 heteroatoms. The fourth-order valence-corrected chi connectivity index (χ4v) is 1.84. The summed E-state index contributed by atoms with van der Waals surface area (Å²) in [5.74, 6) is 0. The summed E-state index contributed by atoms with van der Waals surface area (Å²) in [4.78, 5) is 10.6. The zero-order chi connectivity index (χ0) is 15.2. The molecule has 0 aliphatic carbocycles. The normalized spacial score (nSPS) is 11.0. The molecule has 0 radical (unpaired) electrons. The van der Waals surface area contributed by atoms with Gasteiger partial charge in [0.25, 0.3) is 5.69 Å². The van der Waals surface area contributed by atoms with Gasteiger partial charge in [0.1, 0.15) is 11.4 Å². The summed E-state index contributed by atoms with van der Waals surface area (Å²) in [6.07, 6.45) is 0.940. The van der Waals surface area contributed by atoms with Gasteiger partial charge in [0.05, 0.1) is 11.1 Å². The Hall–Kier alpha value is -2.32. The van der Waals surface area contributed by atoms with E-state index in [1.807, 2.05) is 13.8 Å². The highest BCUT2D eigenvalue weighted by Gasteiger charge is 2.19. The third-order valence-electron chi connectivity index (χ3n) is 2.71. The minimum atomic E-state index is -0.628. The maximum atomic E-state index is 11.0. The number of para-hydroxylation sites is 2. The van der Waals surface area contributed by atoms with Gasteiger partial charge in [0, 0.05) is 19.3 Å². The maximum Gasteiger partial charge on any atom is 0.294 e. The molecule has 112 valence electrons. The molecule has 0 atom stereocenters. The second-order valence-corrected chi connectivity index (χ2v) is 4.08. The van der Waals surface area contributed by atoms with Crippen LogP contribution in [0.25, 0.3) is 5.69 Å². The SMILES string of the molecule is CCOC(OCC)c1cn(-c2ccccc2[N+](=O)[O-])nn1. The van der Waals surface area contributed by atoms with Gasteiger partial charge in [-0.3, -0.25) is 10.1 Å². The van der Waals surface area contributed by atoms with Crippen LogP contribution in [-0.4, -0.2) is 33.1 Å². The Labute approximate surface area is 121 Å². The first kappa shape index (κ1) is 15.1. The summed E-state index contributed by atoms with van der Waals surface area (Å²) in [6, 6.07) is 6.32. The Morgan fingerprint density at radius 3 is 2.57 bits per heavy atom. The molecule has 0 saturated carbocycles. The highest BCUT2D eigenvalue weighted by atomic mass is 16.7. The number of rotatable bonds is 7. The Balaban J connectivity index is 2.33. The van der Waals surface area contributed by atoms with Crippen LogP contribution in [0.1, 0.15) is 25.8 Å². The lowest BCUT2D eigenvalue weighted by Crippen LogP contribution is -2.09. The van der Waals surface area contributed by atoms with Gasteiger partial charge >= 0.3 is 0 Å². The fraction of sp³-hybridized carbons (Fsp3) is 0.385. The third kappa shape index (κ3) is 3.41. The maximum absolute atomic E-state index is 11.0. The molecule has 1 heterocycles. The van der Waals surface area contributed by atoms with E-state index in [9.17, 15) is 10.1 Å². The molecular formula is C13H16N4O4. The zero-order valence-corrected chi connectivity index (χ0v) is 11.8. The number of benzene rings is 1. The van der Waals surface area contributed by atoms with Crippen molar-refractivity contribution in [3.05, 3.63) is 46.3 Å². The second kappa shape index (κ2) is 6.91. The molecule has 8 nitrogen and oxygen atoms in total. The van der Waals surface area contributed by atoms with Gasteiger partial charge in [-0.05, 0) is 19.9 Å². The predicted molar refractivity (Wildman–Crippen MR) is 74.0 cm³/mol. The smallest absolute Gasteiger partial charge is 0.294 e. The summed E-state index contributed by atoms with van der Waals surface area (Å²) in [6.45, 7) is 4.61. The Kier molecular flexibility index (Phi) is 4.96. The molecule has 1 aromatic carbocycles. The minimum Gasteiger partial charge on any atom is -0.347 e. The first-order valence-corrected chi connectivity index (χ1v) is 6.56. The highest BCUT2D eigenvalue weighted by Crippen LogP contribution is 2.23. The number of nitrogens with zero attached hydrogens (tertiary/aromatic N) is 4. The van der Waals surface area contributed by atoms with Gasteiger partial charge in [0.2, 0.25) is 6.29 Å². The van der Waals surface area contributed by atoms with E-state index < -0.39 is 11.2 Å². The van der Waals surface area contributed by atoms with E-state index in [1.54, 1.807) is 24.4 Å². The molecule has 0 bridgehead atoms. The molecular weight excluding hydrogens is 276 g/mol. The van der Waals surface area contributed by atoms with Gasteiger partial charge in [-0.1, -0.05) is 17.3 Å². The van der Waals surface area contributed by atoms with Crippen LogP contribution in [0.4, 0.5) is 5.69 Å². The van der Waals surface area contributed by atoms with E-state index in [0.717, 1.165) is 0 Å². The van der Waals surface area contributed by atoms with Crippen molar-refractivity contribution >= 4 is 5.69 Å². The van der Waals surface area contributed by atoms with Gasteiger partial charge in [-0.15, -0.1) is 5.10 Å². The topological polar surface area (TPSA) is 92.3 Å². The van der Waals surface area contributed by atoms with E-state index in [-0.39, 0.29) is 5.69 Å². The molecule has 0 saturated heterocycles. The van der Waals surface area contributed by atoms with Crippen LogP contribution in [0.15, 0.2) is 30.5 Å². The summed E-state index contributed by atoms with van der Waals surface area (Å²) in [5, 5.41) is 18.9. The van der Waals surface area contributed by atoms with Crippen LogP contribution in [0.3, 0.4) is 0 Å². The second-order valence-electron chi connectivity index (χ2n) is 4.08. The van der Waals surface area contributed by atoms with E-state index in [4.69, 9.17) is 9.47 Å². The number of nitro benzene ring substituents is 1. The van der Waals surface area contributed by atoms with Crippen molar-refractivity contribution in [1.29, 1.82) is 0 Å². The molecule has 1 aromatic heterocycles. The fourth-order valence-electron chi connectivity index (χ4n) is 1.84. The highest BCUT2D eigenvalue weighted by molar-refractivity contribution is 5.51. The van der Waals surface area contributed by atoms with Gasteiger partial charge < -0.3 is 9.47 Å². The first-order valence-electron chi connectivity index (χ1n) is 6.56. The standard InChI is InChI=1S/C13H16N4O4/c1-3-20-13(21-4-2)10-9-16(15-14-10)11-7-5-6-8-12(11)17(18)19/h5-9,13H,3-4H2,1-2H3. The van der Waals surface area contributed by atoms with Gasteiger partial charge in [0.15, 0.2) is 0 Å². The van der Waals surface area contributed by atoms with E-state index in [1.165, 1.54) is 10.7 Å². The average molecular weight is 292 g/mol. The van der Waals surface area contributed by atoms with Crippen LogP contribution >= 0.6 is 0 Å². The van der Waals surface area contributed by atoms with E-state index >= 15 is 0 Å². The summed E-state index contributed by atoms with van der Waals surface area (Å²) >= 11 is 0. The summed E-state index contributed by atoms with van der Waals surface area (Å²) < 4.78 is 12.2. The lowest BCUT2D eigenvalue weighted by molar-refractivity contribution is -0.384. The number of nitro groups is 1. The van der Waals surface area contributed by atoms with Crippen LogP contribution in [0, 0.1) is 10.1 Å². The van der Waals surface area contributed by atoms with Gasteiger partial charge in [-0.25, -0.2) is 4.68 Å². The monoisotopic (exact) mass is 292 g/mol. The molecule has 2 rings (SSSR count). The van der Waals surface area contributed by atoms with Crippen molar-refractivity contribution in [3.63, 3.8) is 0 Å². The van der Waals surface area contributed by atoms with Crippen LogP contribution in [0.2, 0.25) is 0 Å². The first-order chi connectivity index (χ1) is 10.2. The zero-order valence-electron chi connectivity index (χ0n) is 11.8. The summed E-state index contributed by atoms with van der Waals surface area (Å²) in [5.41, 5.74) is 0.767. The van der Waals surface area contributed by atoms with Crippen LogP contribution in [0.5, 0.6) is 0 Å². The largest absolute Gasteiger partial charge is 0.347 e. The Bertz CT molecular complexity index is 608.